The molecule has 0 aliphatic rings. The fraction of sp³-hybridized carbons (Fsp3) is 0.364. The quantitative estimate of drug-likeness (QED) is 0.906. The predicted octanol–water partition coefficient (Wildman–Crippen LogP) is 3.18. The van der Waals surface area contributed by atoms with Crippen LogP contribution in [0.25, 0.3) is 0 Å². The van der Waals surface area contributed by atoms with Crippen molar-refractivity contribution in [3.8, 4) is 0 Å². The molecule has 5 heteroatoms. The highest BCUT2D eigenvalue weighted by Crippen LogP contribution is 2.22. The van der Waals surface area contributed by atoms with Gasteiger partial charge in [0.25, 0.3) is 0 Å². The smallest absolute Gasteiger partial charge is 0.169 e. The first kappa shape index (κ1) is 11.4. The van der Waals surface area contributed by atoms with Crippen molar-refractivity contribution in [1.29, 1.82) is 0 Å². The van der Waals surface area contributed by atoms with Crippen LogP contribution < -0.4 is 5.32 Å². The zero-order valence-corrected chi connectivity index (χ0v) is 10.8. The fourth-order valence-electron chi connectivity index (χ4n) is 1.61. The van der Waals surface area contributed by atoms with E-state index in [1.165, 1.54) is 0 Å². The van der Waals surface area contributed by atoms with E-state index in [-0.39, 0.29) is 12.1 Å². The van der Waals surface area contributed by atoms with Crippen molar-refractivity contribution in [3.63, 3.8) is 0 Å². The zero-order valence-electron chi connectivity index (χ0n) is 9.20. The zero-order chi connectivity index (χ0) is 11.5. The summed E-state index contributed by atoms with van der Waals surface area (Å²) in [5.74, 6) is 1.84. The molecule has 2 N–H and O–H groups in total. The predicted molar refractivity (Wildman–Crippen MR) is 65.0 cm³/mol. The van der Waals surface area contributed by atoms with Gasteiger partial charge in [-0.15, -0.1) is 0 Å². The van der Waals surface area contributed by atoms with Gasteiger partial charge in [0, 0.05) is 12.4 Å². The molecule has 0 bridgehead atoms. The molecule has 86 valence electrons. The Kier molecular flexibility index (Phi) is 3.46. The average molecular weight is 284 g/mol. The highest BCUT2D eigenvalue weighted by atomic mass is 79.9. The number of halogens is 1. The van der Waals surface area contributed by atoms with Gasteiger partial charge in [-0.3, -0.25) is 5.32 Å². The summed E-state index contributed by atoms with van der Waals surface area (Å²) in [7, 11) is 0. The van der Waals surface area contributed by atoms with Crippen molar-refractivity contribution in [2.75, 3.05) is 0 Å². The molecule has 2 aromatic heterocycles. The third kappa shape index (κ3) is 2.54. The molecule has 0 saturated carbocycles. The largest absolute Gasteiger partial charge is 0.453 e. The third-order valence-electron chi connectivity index (χ3n) is 2.45. The van der Waals surface area contributed by atoms with Crippen LogP contribution in [-0.4, -0.2) is 9.97 Å². The standard InChI is InChI=1S/C11H14BrN3O/c1-7(9-3-4-10(12)16-9)15-8(2)11-13-5-6-14-11/h3-8,15H,1-2H3,(H,13,14). The molecule has 0 aliphatic heterocycles. The molecule has 0 radical (unpaired) electrons. The Hall–Kier alpha value is -1.07. The van der Waals surface area contributed by atoms with Gasteiger partial charge < -0.3 is 9.40 Å². The van der Waals surface area contributed by atoms with Crippen LogP contribution in [0.5, 0.6) is 0 Å². The molecule has 0 fully saturated rings. The highest BCUT2D eigenvalue weighted by molar-refractivity contribution is 9.10. The number of hydrogen-bond donors (Lipinski definition) is 2. The van der Waals surface area contributed by atoms with E-state index in [1.54, 1.807) is 6.20 Å². The molecule has 0 spiro atoms. The Labute approximate surface area is 103 Å². The second-order valence-electron chi connectivity index (χ2n) is 3.73. The molecule has 2 unspecified atom stereocenters. The molecule has 16 heavy (non-hydrogen) atoms. The summed E-state index contributed by atoms with van der Waals surface area (Å²) < 4.78 is 6.24. The van der Waals surface area contributed by atoms with E-state index in [9.17, 15) is 0 Å². The summed E-state index contributed by atoms with van der Waals surface area (Å²) >= 11 is 3.29. The molecule has 2 aromatic rings. The second kappa shape index (κ2) is 4.84. The topological polar surface area (TPSA) is 53.9 Å². The minimum atomic E-state index is 0.145. The van der Waals surface area contributed by atoms with Gasteiger partial charge in [0.05, 0.1) is 12.1 Å². The third-order valence-corrected chi connectivity index (χ3v) is 2.88. The molecular weight excluding hydrogens is 270 g/mol. The lowest BCUT2D eigenvalue weighted by Gasteiger charge is -2.16. The number of H-pyrrole nitrogens is 1. The van der Waals surface area contributed by atoms with Crippen LogP contribution >= 0.6 is 15.9 Å². The van der Waals surface area contributed by atoms with Crippen LogP contribution in [0.2, 0.25) is 0 Å². The van der Waals surface area contributed by atoms with Crippen LogP contribution in [0.15, 0.2) is 33.6 Å². The number of aromatic nitrogens is 2. The molecule has 0 aliphatic carbocycles. The van der Waals surface area contributed by atoms with Crippen molar-refractivity contribution in [3.05, 3.63) is 40.8 Å². The maximum absolute atomic E-state index is 5.49. The first-order valence-corrected chi connectivity index (χ1v) is 5.96. The first-order valence-electron chi connectivity index (χ1n) is 5.17. The lowest BCUT2D eigenvalue weighted by atomic mass is 10.2. The van der Waals surface area contributed by atoms with E-state index in [0.717, 1.165) is 16.3 Å². The SMILES string of the molecule is CC(NC(C)c1ccc(Br)o1)c1ncc[nH]1. The maximum atomic E-state index is 5.49. The monoisotopic (exact) mass is 283 g/mol. The number of hydrogen-bond acceptors (Lipinski definition) is 3. The molecule has 0 amide bonds. The Balaban J connectivity index is 2.00. The second-order valence-corrected chi connectivity index (χ2v) is 4.51. The van der Waals surface area contributed by atoms with Gasteiger partial charge in [-0.1, -0.05) is 0 Å². The molecule has 0 aromatic carbocycles. The molecule has 4 nitrogen and oxygen atoms in total. The minimum Gasteiger partial charge on any atom is -0.453 e. The van der Waals surface area contributed by atoms with Gasteiger partial charge in [-0.2, -0.15) is 0 Å². The Morgan fingerprint density at radius 3 is 2.75 bits per heavy atom. The summed E-state index contributed by atoms with van der Waals surface area (Å²) in [6.07, 6.45) is 3.57. The Morgan fingerprint density at radius 1 is 1.38 bits per heavy atom. The molecule has 2 rings (SSSR count). The molecule has 2 atom stereocenters. The number of nitrogens with zero attached hydrogens (tertiary/aromatic N) is 1. The van der Waals surface area contributed by atoms with E-state index < -0.39 is 0 Å². The number of aromatic amines is 1. The molecular formula is C11H14BrN3O. The Bertz CT molecular complexity index is 438. The number of furan rings is 1. The van der Waals surface area contributed by atoms with Crippen molar-refractivity contribution in [2.24, 2.45) is 0 Å². The fourth-order valence-corrected chi connectivity index (χ4v) is 1.93. The number of nitrogens with one attached hydrogen (secondary N) is 2. The average Bonchev–Trinajstić information content (AvgIpc) is 2.87. The van der Waals surface area contributed by atoms with E-state index >= 15 is 0 Å². The lowest BCUT2D eigenvalue weighted by molar-refractivity contribution is 0.389. The van der Waals surface area contributed by atoms with Gasteiger partial charge in [-0.05, 0) is 41.9 Å². The van der Waals surface area contributed by atoms with Crippen LogP contribution in [0.1, 0.15) is 37.5 Å². The van der Waals surface area contributed by atoms with Gasteiger partial charge in [0.2, 0.25) is 0 Å². The van der Waals surface area contributed by atoms with E-state index in [4.69, 9.17) is 4.42 Å². The first-order chi connectivity index (χ1) is 7.66. The van der Waals surface area contributed by atoms with Gasteiger partial charge in [0.15, 0.2) is 4.67 Å². The van der Waals surface area contributed by atoms with E-state index in [2.05, 4.69) is 45.1 Å². The summed E-state index contributed by atoms with van der Waals surface area (Å²) in [6.45, 7) is 4.12. The summed E-state index contributed by atoms with van der Waals surface area (Å²) in [6, 6.07) is 4.15. The van der Waals surface area contributed by atoms with Crippen molar-refractivity contribution < 1.29 is 4.42 Å². The van der Waals surface area contributed by atoms with Gasteiger partial charge in [-0.25, -0.2) is 4.98 Å². The maximum Gasteiger partial charge on any atom is 0.169 e. The lowest BCUT2D eigenvalue weighted by Crippen LogP contribution is -2.22. The minimum absolute atomic E-state index is 0.145. The van der Waals surface area contributed by atoms with Crippen LogP contribution in [0, 0.1) is 0 Å². The van der Waals surface area contributed by atoms with E-state index in [0.29, 0.717) is 0 Å². The number of rotatable bonds is 4. The van der Waals surface area contributed by atoms with Crippen LogP contribution in [-0.2, 0) is 0 Å². The molecule has 2 heterocycles. The van der Waals surface area contributed by atoms with Crippen molar-refractivity contribution in [1.82, 2.24) is 15.3 Å². The van der Waals surface area contributed by atoms with Crippen LogP contribution in [0.3, 0.4) is 0 Å². The highest BCUT2D eigenvalue weighted by Gasteiger charge is 2.15. The van der Waals surface area contributed by atoms with Crippen molar-refractivity contribution in [2.45, 2.75) is 25.9 Å². The number of imidazole rings is 1. The summed E-state index contributed by atoms with van der Waals surface area (Å²) in [5, 5.41) is 3.40. The van der Waals surface area contributed by atoms with Crippen molar-refractivity contribution >= 4 is 15.9 Å². The summed E-state index contributed by atoms with van der Waals surface area (Å²) in [4.78, 5) is 7.30. The Morgan fingerprint density at radius 2 is 2.19 bits per heavy atom. The normalized spacial score (nSPS) is 14.9. The van der Waals surface area contributed by atoms with Gasteiger partial charge >= 0.3 is 0 Å². The molecule has 0 saturated heterocycles. The van der Waals surface area contributed by atoms with E-state index in [1.807, 2.05) is 18.3 Å². The van der Waals surface area contributed by atoms with Gasteiger partial charge in [0.1, 0.15) is 11.6 Å². The summed E-state index contributed by atoms with van der Waals surface area (Å²) in [5.41, 5.74) is 0. The van der Waals surface area contributed by atoms with Crippen LogP contribution in [0.4, 0.5) is 0 Å².